The van der Waals surface area contributed by atoms with E-state index in [4.69, 9.17) is 27.6 Å². The number of benzene rings is 3. The first-order valence-electron chi connectivity index (χ1n) is 10.3. The lowest BCUT2D eigenvalue weighted by Gasteiger charge is -2.03. The number of carbonyl (C=O) groups is 1. The van der Waals surface area contributed by atoms with Crippen LogP contribution < -0.4 is 5.32 Å². The van der Waals surface area contributed by atoms with E-state index in [1.54, 1.807) is 47.3 Å². The first-order valence-corrected chi connectivity index (χ1v) is 11.1. The van der Waals surface area contributed by atoms with Gasteiger partial charge in [0.05, 0.1) is 15.7 Å². The Balaban J connectivity index is 1.35. The number of aromatic nitrogens is 3. The van der Waals surface area contributed by atoms with Gasteiger partial charge in [-0.25, -0.2) is 0 Å². The highest BCUT2D eigenvalue weighted by Gasteiger charge is 2.14. The molecule has 0 radical (unpaired) electrons. The number of halogens is 2. The maximum Gasteiger partial charge on any atom is 0.291 e. The molecule has 5 rings (SSSR count). The van der Waals surface area contributed by atoms with Crippen molar-refractivity contribution in [2.24, 2.45) is 0 Å². The van der Waals surface area contributed by atoms with Crippen molar-refractivity contribution in [3.63, 3.8) is 0 Å². The number of anilines is 1. The van der Waals surface area contributed by atoms with Crippen LogP contribution in [0.1, 0.15) is 23.0 Å². The first kappa shape index (κ1) is 21.2. The Morgan fingerprint density at radius 3 is 2.45 bits per heavy atom. The number of hydrogen-bond acceptors (Lipinski definition) is 4. The molecular weight excluding hydrogens is 459 g/mol. The molecule has 2 heterocycles. The zero-order valence-electron chi connectivity index (χ0n) is 17.5. The van der Waals surface area contributed by atoms with Gasteiger partial charge in [-0.2, -0.15) is 4.80 Å². The molecule has 0 saturated carbocycles. The van der Waals surface area contributed by atoms with Gasteiger partial charge in [-0.3, -0.25) is 4.79 Å². The van der Waals surface area contributed by atoms with Crippen molar-refractivity contribution in [3.05, 3.63) is 94.2 Å². The van der Waals surface area contributed by atoms with Gasteiger partial charge in [-0.05, 0) is 72.6 Å². The van der Waals surface area contributed by atoms with Crippen molar-refractivity contribution in [1.29, 1.82) is 0 Å². The highest BCUT2D eigenvalue weighted by molar-refractivity contribution is 6.42. The molecule has 0 fully saturated rings. The van der Waals surface area contributed by atoms with Crippen LogP contribution in [0.3, 0.4) is 0 Å². The molecule has 3 aromatic carbocycles. The van der Waals surface area contributed by atoms with Crippen LogP contribution in [0.4, 0.5) is 5.69 Å². The van der Waals surface area contributed by atoms with Gasteiger partial charge in [-0.1, -0.05) is 42.3 Å². The molecule has 1 N–H and O–H groups in total. The molecule has 164 valence electrons. The van der Waals surface area contributed by atoms with Gasteiger partial charge in [0.15, 0.2) is 5.76 Å². The van der Waals surface area contributed by atoms with Gasteiger partial charge in [-0.15, -0.1) is 10.2 Å². The molecule has 0 saturated heterocycles. The van der Waals surface area contributed by atoms with E-state index >= 15 is 0 Å². The Morgan fingerprint density at radius 2 is 1.70 bits per heavy atom. The maximum absolute atomic E-state index is 12.7. The first-order chi connectivity index (χ1) is 16.0. The summed E-state index contributed by atoms with van der Waals surface area (Å²) < 4.78 is 5.72. The molecule has 6 nitrogen and oxygen atoms in total. The third kappa shape index (κ3) is 4.35. The summed E-state index contributed by atoms with van der Waals surface area (Å²) in [6.45, 7) is 2.11. The number of carbonyl (C=O) groups excluding carboxylic acids is 1. The molecule has 0 bridgehead atoms. The van der Waals surface area contributed by atoms with E-state index in [0.29, 0.717) is 27.0 Å². The number of furan rings is 1. The molecule has 0 aliphatic carbocycles. The van der Waals surface area contributed by atoms with E-state index in [1.165, 1.54) is 5.56 Å². The lowest BCUT2D eigenvalue weighted by Crippen LogP contribution is -2.10. The van der Waals surface area contributed by atoms with Crippen LogP contribution in [0.25, 0.3) is 28.0 Å². The molecular formula is C25H18Cl2N4O2. The quantitative estimate of drug-likeness (QED) is 0.302. The molecule has 2 aromatic heterocycles. The Kier molecular flexibility index (Phi) is 5.62. The number of rotatable bonds is 5. The van der Waals surface area contributed by atoms with Gasteiger partial charge in [0, 0.05) is 11.3 Å². The maximum atomic E-state index is 12.7. The van der Waals surface area contributed by atoms with E-state index in [-0.39, 0.29) is 11.7 Å². The van der Waals surface area contributed by atoms with E-state index in [1.807, 2.05) is 18.2 Å². The number of nitrogens with zero attached hydrogens (tertiary/aromatic N) is 3. The van der Waals surface area contributed by atoms with E-state index in [0.717, 1.165) is 23.2 Å². The molecule has 0 atom stereocenters. The lowest BCUT2D eigenvalue weighted by molar-refractivity contribution is 0.0997. The summed E-state index contributed by atoms with van der Waals surface area (Å²) in [6, 6.07) is 22.0. The fourth-order valence-electron chi connectivity index (χ4n) is 3.43. The third-order valence-corrected chi connectivity index (χ3v) is 5.99. The Morgan fingerprint density at radius 1 is 0.909 bits per heavy atom. The standard InChI is InChI=1S/C25H18Cl2N4O2/c1-2-15-3-7-18(8-4-15)31-29-21-10-6-17(14-22(21)30-31)28-25(32)24-12-11-23(33-24)16-5-9-19(26)20(27)13-16/h3-14H,2H2,1H3,(H,28,32). The summed E-state index contributed by atoms with van der Waals surface area (Å²) in [4.78, 5) is 14.3. The van der Waals surface area contributed by atoms with Crippen molar-refractivity contribution in [2.45, 2.75) is 13.3 Å². The predicted molar refractivity (Wildman–Crippen MR) is 130 cm³/mol. The minimum absolute atomic E-state index is 0.177. The summed E-state index contributed by atoms with van der Waals surface area (Å²) in [5, 5.41) is 12.8. The largest absolute Gasteiger partial charge is 0.451 e. The predicted octanol–water partition coefficient (Wildman–Crippen LogP) is 6.80. The average Bonchev–Trinajstić information content (AvgIpc) is 3.48. The van der Waals surface area contributed by atoms with E-state index < -0.39 is 0 Å². The van der Waals surface area contributed by atoms with Crippen molar-refractivity contribution >= 4 is 45.8 Å². The van der Waals surface area contributed by atoms with Gasteiger partial charge in [0.2, 0.25) is 0 Å². The number of aryl methyl sites for hydroxylation is 1. The summed E-state index contributed by atoms with van der Waals surface area (Å²) >= 11 is 12.0. The smallest absolute Gasteiger partial charge is 0.291 e. The van der Waals surface area contributed by atoms with Gasteiger partial charge in [0.25, 0.3) is 5.91 Å². The van der Waals surface area contributed by atoms with Crippen LogP contribution in [-0.2, 0) is 6.42 Å². The second-order valence-corrected chi connectivity index (χ2v) is 8.27. The summed E-state index contributed by atoms with van der Waals surface area (Å²) in [7, 11) is 0. The van der Waals surface area contributed by atoms with E-state index in [2.05, 4.69) is 34.6 Å². The van der Waals surface area contributed by atoms with Crippen molar-refractivity contribution in [2.75, 3.05) is 5.32 Å². The van der Waals surface area contributed by atoms with Crippen LogP contribution in [0.2, 0.25) is 10.0 Å². The van der Waals surface area contributed by atoms with Crippen LogP contribution in [0, 0.1) is 0 Å². The second-order valence-electron chi connectivity index (χ2n) is 7.46. The van der Waals surface area contributed by atoms with Crippen molar-refractivity contribution in [1.82, 2.24) is 15.0 Å². The topological polar surface area (TPSA) is 73.0 Å². The molecule has 0 unspecified atom stereocenters. The van der Waals surface area contributed by atoms with Crippen LogP contribution in [0.5, 0.6) is 0 Å². The average molecular weight is 477 g/mol. The molecule has 8 heteroatoms. The zero-order chi connectivity index (χ0) is 22.9. The van der Waals surface area contributed by atoms with Crippen molar-refractivity contribution < 1.29 is 9.21 Å². The lowest BCUT2D eigenvalue weighted by atomic mass is 10.2. The normalized spacial score (nSPS) is 11.1. The molecule has 0 spiro atoms. The van der Waals surface area contributed by atoms with Crippen LogP contribution >= 0.6 is 23.2 Å². The van der Waals surface area contributed by atoms with Gasteiger partial charge in [0.1, 0.15) is 16.8 Å². The number of fused-ring (bicyclic) bond motifs is 1. The summed E-state index contributed by atoms with van der Waals surface area (Å²) in [5.41, 5.74) is 4.85. The monoisotopic (exact) mass is 476 g/mol. The molecule has 0 aliphatic heterocycles. The summed E-state index contributed by atoms with van der Waals surface area (Å²) in [5.74, 6) is 0.324. The molecule has 33 heavy (non-hydrogen) atoms. The second kappa shape index (κ2) is 8.73. The van der Waals surface area contributed by atoms with Crippen LogP contribution in [-0.4, -0.2) is 20.9 Å². The molecule has 1 amide bonds. The van der Waals surface area contributed by atoms with Gasteiger partial charge >= 0.3 is 0 Å². The number of nitrogens with one attached hydrogen (secondary N) is 1. The van der Waals surface area contributed by atoms with Gasteiger partial charge < -0.3 is 9.73 Å². The zero-order valence-corrected chi connectivity index (χ0v) is 19.1. The highest BCUT2D eigenvalue weighted by atomic mass is 35.5. The Bertz CT molecular complexity index is 1470. The summed E-state index contributed by atoms with van der Waals surface area (Å²) in [6.07, 6.45) is 0.975. The molecule has 0 aliphatic rings. The fraction of sp³-hybridized carbons (Fsp3) is 0.0800. The van der Waals surface area contributed by atoms with Crippen LogP contribution in [0.15, 0.2) is 77.2 Å². The Labute approximate surface area is 199 Å². The molecule has 5 aromatic rings. The number of amides is 1. The fourth-order valence-corrected chi connectivity index (χ4v) is 3.73. The van der Waals surface area contributed by atoms with E-state index in [9.17, 15) is 4.79 Å². The minimum Gasteiger partial charge on any atom is -0.451 e. The Hall–Kier alpha value is -3.61. The number of hydrogen-bond donors (Lipinski definition) is 1. The highest BCUT2D eigenvalue weighted by Crippen LogP contribution is 2.30. The third-order valence-electron chi connectivity index (χ3n) is 5.25. The minimum atomic E-state index is -0.372. The SMILES string of the molecule is CCc1ccc(-n2nc3ccc(NC(=O)c4ccc(-c5ccc(Cl)c(Cl)c5)o4)cc3n2)cc1. The van der Waals surface area contributed by atoms with Crippen molar-refractivity contribution in [3.8, 4) is 17.0 Å².